The van der Waals surface area contributed by atoms with Gasteiger partial charge in [-0.05, 0) is 0 Å². The molecule has 27 valence electrons. The van der Waals surface area contributed by atoms with Crippen LogP contribution in [0.5, 0.6) is 0 Å². The van der Waals surface area contributed by atoms with Crippen LogP contribution >= 0.6 is 0 Å². The summed E-state index contributed by atoms with van der Waals surface area (Å²) in [6, 6.07) is 0. The van der Waals surface area contributed by atoms with E-state index in [-0.39, 0.29) is 51.4 Å². The van der Waals surface area contributed by atoms with Gasteiger partial charge in [0.05, 0.1) is 0 Å². The Kier molecular flexibility index (Phi) is 7.66. The summed E-state index contributed by atoms with van der Waals surface area (Å²) in [4.78, 5) is 0. The van der Waals surface area contributed by atoms with Crippen molar-refractivity contribution in [2.75, 3.05) is 0 Å². The number of rotatable bonds is 0. The van der Waals surface area contributed by atoms with E-state index < -0.39 is 0 Å². The topological polar surface area (TPSA) is 0 Å². The molecule has 1 radical (unpaired) electrons. The molecule has 0 aromatic rings. The molecule has 0 aliphatic heterocycles. The summed E-state index contributed by atoms with van der Waals surface area (Å²) in [5.74, 6) is 0. The van der Waals surface area contributed by atoms with E-state index in [0.717, 1.165) is 0 Å². The average Bonchev–Trinajstić information content (AvgIpc) is 0.722. The molecule has 0 fully saturated rings. The van der Waals surface area contributed by atoms with E-state index in [1.165, 1.54) is 0 Å². The van der Waals surface area contributed by atoms with Gasteiger partial charge in [0, 0.05) is 51.4 Å². The summed E-state index contributed by atoms with van der Waals surface area (Å²) in [5.41, 5.74) is 0. The van der Waals surface area contributed by atoms with Crippen LogP contribution in [0.3, 0.4) is 0 Å². The van der Waals surface area contributed by atoms with Gasteiger partial charge in [-0.15, -0.1) is 0 Å². The first-order chi connectivity index (χ1) is 2.00. The molecule has 2 heteroatoms. The van der Waals surface area contributed by atoms with Crippen LogP contribution in [0, 0.1) is 0 Å². The Balaban J connectivity index is 0. The van der Waals surface area contributed by atoms with Gasteiger partial charge >= 0.3 is 42.6 Å². The van der Waals surface area contributed by atoms with E-state index in [4.69, 9.17) is 0 Å². The first-order valence-corrected chi connectivity index (χ1v) is 2.00. The molecule has 0 unspecified atom stereocenters. The van der Waals surface area contributed by atoms with Crippen LogP contribution in [0.25, 0.3) is 0 Å². The van der Waals surface area contributed by atoms with E-state index >= 15 is 0 Å². The van der Waals surface area contributed by atoms with Crippen LogP contribution in [0.2, 0.25) is 4.09 Å². The van der Waals surface area contributed by atoms with Crippen molar-refractivity contribution in [3.05, 3.63) is 0 Å². The Morgan fingerprint density at radius 3 is 1.17 bits per heavy atom. The van der Waals surface area contributed by atoms with E-state index in [2.05, 4.69) is 38.5 Å². The van der Waals surface area contributed by atoms with E-state index in [9.17, 15) is 0 Å². The molecule has 0 spiro atoms. The van der Waals surface area contributed by atoms with Crippen molar-refractivity contribution in [2.45, 2.75) is 24.9 Å². The summed E-state index contributed by atoms with van der Waals surface area (Å²) in [5, 5.41) is 0. The van der Waals surface area contributed by atoms with Crippen LogP contribution in [0.15, 0.2) is 0 Å². The zero-order chi connectivity index (χ0) is 4.50. The van der Waals surface area contributed by atoms with Crippen molar-refractivity contribution < 1.29 is 0 Å². The van der Waals surface area contributed by atoms with Crippen molar-refractivity contribution in [1.82, 2.24) is 0 Å². The van der Waals surface area contributed by atoms with Gasteiger partial charge in [0.15, 0.2) is 0 Å². The van der Waals surface area contributed by atoms with E-state index in [0.29, 0.717) is 4.09 Å². The maximum atomic E-state index is 2.19. The van der Waals surface area contributed by atoms with Crippen molar-refractivity contribution >= 4 is 69.1 Å². The monoisotopic (exact) mass is 103 g/mol. The molecule has 0 nitrogen and oxygen atoms in total. The fourth-order valence-electron chi connectivity index (χ4n) is 0. The molecule has 0 aliphatic carbocycles. The van der Waals surface area contributed by atoms with Crippen LogP contribution in [-0.4, -0.2) is 69.1 Å². The van der Waals surface area contributed by atoms with Gasteiger partial charge in [-0.2, -0.15) is 0 Å². The minimum absolute atomic E-state index is 0. The van der Waals surface area contributed by atoms with Crippen molar-refractivity contribution in [3.63, 3.8) is 0 Å². The second kappa shape index (κ2) is 4.15. The predicted octanol–water partition coefficient (Wildman–Crippen LogP) is 0.992. The van der Waals surface area contributed by atoms with Crippen LogP contribution < -0.4 is 0 Å². The van der Waals surface area contributed by atoms with Crippen molar-refractivity contribution in [2.24, 2.45) is 0 Å². The molecule has 0 saturated heterocycles. The Morgan fingerprint density at radius 1 is 1.17 bits per heavy atom. The van der Waals surface area contributed by atoms with Crippen LogP contribution in [0.4, 0.5) is 0 Å². The minimum atomic E-state index is 0. The van der Waals surface area contributed by atoms with Crippen LogP contribution in [0.1, 0.15) is 20.8 Å². The Hall–Kier alpha value is 2.23. The van der Waals surface area contributed by atoms with Crippen molar-refractivity contribution in [1.29, 1.82) is 0 Å². The number of hydrogen-bond donors (Lipinski definition) is 0. The molecule has 0 rings (SSSR count). The Morgan fingerprint density at radius 2 is 1.17 bits per heavy atom. The van der Waals surface area contributed by atoms with Gasteiger partial charge in [0.1, 0.15) is 0 Å². The second-order valence-electron chi connectivity index (χ2n) is 3.00. The molecule has 0 saturated carbocycles. The zero-order valence-corrected chi connectivity index (χ0v) is 8.62. The summed E-state index contributed by atoms with van der Waals surface area (Å²) in [6.07, 6.45) is 0. The second-order valence-corrected chi connectivity index (χ2v) is 3.00. The molecule has 0 bridgehead atoms. The normalized spacial score (nSPS) is 10.2. The van der Waals surface area contributed by atoms with Crippen LogP contribution in [-0.2, 0) is 0 Å². The average molecular weight is 103 g/mol. The molecule has 0 aliphatic rings. The predicted molar refractivity (Wildman–Crippen MR) is 31.2 cm³/mol. The fraction of sp³-hybridized carbons (Fsp3) is 1.00. The molecule has 0 atom stereocenters. The summed E-state index contributed by atoms with van der Waals surface area (Å²) < 4.78 is 0.500. The molecule has 0 amide bonds. The van der Waals surface area contributed by atoms with Gasteiger partial charge in [0.2, 0.25) is 0 Å². The van der Waals surface area contributed by atoms with Gasteiger partial charge in [-0.1, -0.05) is 0 Å². The Bertz CT molecular complexity index is 23.0. The van der Waals surface area contributed by atoms with Gasteiger partial charge < -0.3 is 0 Å². The summed E-state index contributed by atoms with van der Waals surface area (Å²) in [7, 11) is 0. The third-order valence-corrected chi connectivity index (χ3v) is 0. The van der Waals surface area contributed by atoms with Gasteiger partial charge in [-0.3, -0.25) is 0 Å². The molecular weight excluding hydrogens is 94.1 g/mol. The molecule has 0 aromatic carbocycles. The third-order valence-electron chi connectivity index (χ3n) is 0. The standard InChI is InChI=1S/C4H9.K.Li/c1-4(2)3;;/h1-3H3;;. The van der Waals surface area contributed by atoms with Gasteiger partial charge in [0.25, 0.3) is 0 Å². The van der Waals surface area contributed by atoms with Crippen molar-refractivity contribution in [3.8, 4) is 0 Å². The first-order valence-electron chi connectivity index (χ1n) is 2.00. The molecule has 0 heterocycles. The molecule has 6 heavy (non-hydrogen) atoms. The summed E-state index contributed by atoms with van der Waals surface area (Å²) >= 11 is 2.19. The molecule has 0 N–H and O–H groups in total. The number of hydrogen-bond acceptors (Lipinski definition) is 0. The maximum absolute atomic E-state index is 2.19. The fourth-order valence-corrected chi connectivity index (χ4v) is 0. The Labute approximate surface area is 92.1 Å². The third kappa shape index (κ3) is 34.2. The van der Waals surface area contributed by atoms with Gasteiger partial charge in [-0.25, -0.2) is 0 Å². The summed E-state index contributed by atoms with van der Waals surface area (Å²) in [6.45, 7) is 6.56. The molecular formula is C4H9KLi. The van der Waals surface area contributed by atoms with E-state index in [1.807, 2.05) is 0 Å². The SMILES string of the molecule is [K].[Li][C](C)(C)C. The quantitative estimate of drug-likeness (QED) is 0.401. The molecule has 0 aromatic heterocycles. The van der Waals surface area contributed by atoms with E-state index in [1.54, 1.807) is 0 Å². The zero-order valence-electron chi connectivity index (χ0n) is 5.50. The first kappa shape index (κ1) is 11.1.